The number of rotatable bonds is 8. The van der Waals surface area contributed by atoms with Crippen LogP contribution in [0.4, 0.5) is 0 Å². The SMILES string of the molecule is O=C(CSc1nnc(SCC(=O)NNC(=O)c2ccc(Br)cc2)s1)NNC(=O)c1ccc(Br)cc1. The molecule has 0 aliphatic rings. The van der Waals surface area contributed by atoms with E-state index in [0.29, 0.717) is 19.8 Å². The van der Waals surface area contributed by atoms with Crippen molar-refractivity contribution in [3.8, 4) is 0 Å². The van der Waals surface area contributed by atoms with E-state index in [1.165, 1.54) is 11.3 Å². The van der Waals surface area contributed by atoms with Gasteiger partial charge in [-0.3, -0.25) is 40.9 Å². The molecular formula is C20H16Br2N6O4S3. The van der Waals surface area contributed by atoms with Crippen LogP contribution in [-0.2, 0) is 9.59 Å². The lowest BCUT2D eigenvalue weighted by atomic mass is 10.2. The van der Waals surface area contributed by atoms with Crippen molar-refractivity contribution in [3.05, 3.63) is 68.6 Å². The lowest BCUT2D eigenvalue weighted by Gasteiger charge is -2.06. The van der Waals surface area contributed by atoms with E-state index in [1.807, 2.05) is 0 Å². The molecule has 0 saturated heterocycles. The summed E-state index contributed by atoms with van der Waals surface area (Å²) in [6, 6.07) is 13.4. The molecule has 0 aliphatic carbocycles. The van der Waals surface area contributed by atoms with Gasteiger partial charge in [0.2, 0.25) is 11.8 Å². The van der Waals surface area contributed by atoms with Crippen LogP contribution in [0.3, 0.4) is 0 Å². The topological polar surface area (TPSA) is 142 Å². The molecule has 4 amide bonds. The summed E-state index contributed by atoms with van der Waals surface area (Å²) in [5.74, 6) is -1.66. The van der Waals surface area contributed by atoms with Gasteiger partial charge in [0.1, 0.15) is 0 Å². The van der Waals surface area contributed by atoms with Crippen LogP contribution in [-0.4, -0.2) is 45.3 Å². The molecule has 0 spiro atoms. The van der Waals surface area contributed by atoms with Crippen LogP contribution in [0.1, 0.15) is 20.7 Å². The van der Waals surface area contributed by atoms with Crippen LogP contribution in [0.15, 0.2) is 66.2 Å². The summed E-state index contributed by atoms with van der Waals surface area (Å²) in [4.78, 5) is 48.0. The van der Waals surface area contributed by atoms with Crippen molar-refractivity contribution in [2.24, 2.45) is 0 Å². The summed E-state index contributed by atoms with van der Waals surface area (Å²) in [6.07, 6.45) is 0. The van der Waals surface area contributed by atoms with Gasteiger partial charge in [-0.25, -0.2) is 0 Å². The second-order valence-electron chi connectivity index (χ2n) is 6.43. The molecule has 0 fully saturated rings. The number of nitrogens with one attached hydrogen (secondary N) is 4. The molecule has 2 aromatic carbocycles. The standard InChI is InChI=1S/C20H16Br2N6O4S3/c21-13-5-1-11(2-6-13)17(31)25-23-15(29)9-33-19-27-28-20(35-19)34-10-16(30)24-26-18(32)12-3-7-14(22)8-4-12/h1-8H,9-10H2,(H,23,29)(H,24,30)(H,25,31)(H,26,32). The molecule has 15 heteroatoms. The number of carbonyl (C=O) groups is 4. The summed E-state index contributed by atoms with van der Waals surface area (Å²) in [6.45, 7) is 0. The quantitative estimate of drug-likeness (QED) is 0.213. The first kappa shape index (κ1) is 27.1. The Morgan fingerprint density at radius 3 is 1.40 bits per heavy atom. The molecule has 1 heterocycles. The molecule has 1 aromatic heterocycles. The average Bonchev–Trinajstić information content (AvgIpc) is 3.32. The highest BCUT2D eigenvalue weighted by Gasteiger charge is 2.13. The Balaban J connectivity index is 1.33. The minimum atomic E-state index is -0.434. The van der Waals surface area contributed by atoms with E-state index in [2.05, 4.69) is 63.8 Å². The number of benzene rings is 2. The highest BCUT2D eigenvalue weighted by Crippen LogP contribution is 2.28. The van der Waals surface area contributed by atoms with Gasteiger partial charge in [-0.1, -0.05) is 66.7 Å². The van der Waals surface area contributed by atoms with E-state index in [-0.39, 0.29) is 11.5 Å². The third-order valence-electron chi connectivity index (χ3n) is 3.89. The predicted octanol–water partition coefficient (Wildman–Crippen LogP) is 3.17. The van der Waals surface area contributed by atoms with Crippen LogP contribution in [0.5, 0.6) is 0 Å². The number of nitrogens with zero attached hydrogens (tertiary/aromatic N) is 2. The molecule has 0 unspecified atom stereocenters. The Labute approximate surface area is 229 Å². The van der Waals surface area contributed by atoms with Gasteiger partial charge in [-0.15, -0.1) is 10.2 Å². The zero-order chi connectivity index (χ0) is 25.2. The molecule has 3 rings (SSSR count). The van der Waals surface area contributed by atoms with E-state index in [4.69, 9.17) is 0 Å². The fourth-order valence-electron chi connectivity index (χ4n) is 2.24. The number of aromatic nitrogens is 2. The van der Waals surface area contributed by atoms with Crippen molar-refractivity contribution < 1.29 is 19.2 Å². The van der Waals surface area contributed by atoms with E-state index in [1.54, 1.807) is 48.5 Å². The molecule has 35 heavy (non-hydrogen) atoms. The molecule has 0 atom stereocenters. The minimum Gasteiger partial charge on any atom is -0.272 e. The summed E-state index contributed by atoms with van der Waals surface area (Å²) in [5, 5.41) is 7.94. The molecule has 3 aromatic rings. The van der Waals surface area contributed by atoms with Gasteiger partial charge in [0.05, 0.1) is 11.5 Å². The van der Waals surface area contributed by atoms with E-state index >= 15 is 0 Å². The first-order valence-electron chi connectivity index (χ1n) is 9.59. The van der Waals surface area contributed by atoms with Crippen molar-refractivity contribution in [2.45, 2.75) is 8.68 Å². The Hall–Kier alpha value is -2.46. The van der Waals surface area contributed by atoms with Crippen LogP contribution in [0, 0.1) is 0 Å². The third-order valence-corrected chi connectivity index (χ3v) is 8.13. The second-order valence-corrected chi connectivity index (χ2v) is 11.7. The van der Waals surface area contributed by atoms with Gasteiger partial charge < -0.3 is 0 Å². The number of hydrazine groups is 2. The highest BCUT2D eigenvalue weighted by atomic mass is 79.9. The average molecular weight is 660 g/mol. The smallest absolute Gasteiger partial charge is 0.269 e. The fraction of sp³-hybridized carbons (Fsp3) is 0.100. The molecule has 0 saturated carbocycles. The van der Waals surface area contributed by atoms with Gasteiger partial charge in [0, 0.05) is 20.1 Å². The predicted molar refractivity (Wildman–Crippen MR) is 141 cm³/mol. The van der Waals surface area contributed by atoms with Gasteiger partial charge >= 0.3 is 0 Å². The molecule has 10 nitrogen and oxygen atoms in total. The Morgan fingerprint density at radius 1 is 0.657 bits per heavy atom. The molecular weight excluding hydrogens is 644 g/mol. The molecule has 4 N–H and O–H groups in total. The number of amides is 4. The van der Waals surface area contributed by atoms with Gasteiger partial charge in [-0.2, -0.15) is 0 Å². The third kappa shape index (κ3) is 9.25. The number of hydrogen-bond donors (Lipinski definition) is 4. The van der Waals surface area contributed by atoms with Crippen molar-refractivity contribution in [2.75, 3.05) is 11.5 Å². The molecule has 0 bridgehead atoms. The largest absolute Gasteiger partial charge is 0.272 e. The van der Waals surface area contributed by atoms with Gasteiger partial charge in [0.15, 0.2) is 8.68 Å². The van der Waals surface area contributed by atoms with Crippen molar-refractivity contribution in [3.63, 3.8) is 0 Å². The summed E-state index contributed by atoms with van der Waals surface area (Å²) < 4.78 is 2.75. The number of thioether (sulfide) groups is 2. The van der Waals surface area contributed by atoms with E-state index < -0.39 is 23.6 Å². The van der Waals surface area contributed by atoms with Crippen LogP contribution in [0.25, 0.3) is 0 Å². The first-order chi connectivity index (χ1) is 16.8. The lowest BCUT2D eigenvalue weighted by molar-refractivity contribution is -0.120. The van der Waals surface area contributed by atoms with Crippen molar-refractivity contribution in [1.82, 2.24) is 31.9 Å². The summed E-state index contributed by atoms with van der Waals surface area (Å²) >= 11 is 10.1. The maximum absolute atomic E-state index is 12.0. The fourth-order valence-corrected chi connectivity index (χ4v) is 5.39. The van der Waals surface area contributed by atoms with Crippen molar-refractivity contribution in [1.29, 1.82) is 0 Å². The minimum absolute atomic E-state index is 0.0164. The zero-order valence-corrected chi connectivity index (χ0v) is 23.2. The monoisotopic (exact) mass is 658 g/mol. The van der Waals surface area contributed by atoms with Crippen LogP contribution in [0.2, 0.25) is 0 Å². The van der Waals surface area contributed by atoms with Crippen LogP contribution >= 0.6 is 66.7 Å². The summed E-state index contributed by atoms with van der Waals surface area (Å²) in [7, 11) is 0. The molecule has 0 aliphatic heterocycles. The Morgan fingerprint density at radius 2 is 1.03 bits per heavy atom. The van der Waals surface area contributed by atoms with E-state index in [0.717, 1.165) is 32.5 Å². The first-order valence-corrected chi connectivity index (χ1v) is 14.0. The number of carbonyl (C=O) groups excluding carboxylic acids is 4. The lowest BCUT2D eigenvalue weighted by Crippen LogP contribution is -2.42. The maximum atomic E-state index is 12.0. The molecule has 0 radical (unpaired) electrons. The summed E-state index contributed by atoms with van der Waals surface area (Å²) in [5.41, 5.74) is 10.2. The number of hydrogen-bond acceptors (Lipinski definition) is 9. The van der Waals surface area contributed by atoms with Crippen molar-refractivity contribution >= 4 is 90.3 Å². The zero-order valence-electron chi connectivity index (χ0n) is 17.5. The van der Waals surface area contributed by atoms with Gasteiger partial charge in [0.25, 0.3) is 11.8 Å². The highest BCUT2D eigenvalue weighted by molar-refractivity contribution is 9.10. The Kier molecular flexibility index (Phi) is 10.5. The Bertz CT molecular complexity index is 1120. The van der Waals surface area contributed by atoms with Gasteiger partial charge in [-0.05, 0) is 48.5 Å². The molecule has 182 valence electrons. The number of halogens is 2. The second kappa shape index (κ2) is 13.6. The normalized spacial score (nSPS) is 10.3. The maximum Gasteiger partial charge on any atom is 0.269 e. The van der Waals surface area contributed by atoms with E-state index in [9.17, 15) is 19.2 Å². The van der Waals surface area contributed by atoms with Crippen LogP contribution < -0.4 is 21.7 Å².